The molecule has 5 nitrogen and oxygen atoms in total. The Morgan fingerprint density at radius 2 is 1.84 bits per heavy atom. The maximum absolute atomic E-state index is 12.7. The molecule has 3 atom stereocenters. The van der Waals surface area contributed by atoms with Crippen LogP contribution in [0.2, 0.25) is 0 Å². The van der Waals surface area contributed by atoms with Crippen molar-refractivity contribution in [2.75, 3.05) is 13.6 Å². The lowest BCUT2D eigenvalue weighted by Gasteiger charge is -2.20. The maximum atomic E-state index is 12.7. The van der Waals surface area contributed by atoms with E-state index in [1.165, 1.54) is 5.56 Å². The summed E-state index contributed by atoms with van der Waals surface area (Å²) < 4.78 is 0. The summed E-state index contributed by atoms with van der Waals surface area (Å²) in [5.41, 5.74) is 3.99. The number of rotatable bonds is 8. The summed E-state index contributed by atoms with van der Waals surface area (Å²) in [6, 6.07) is 22.1. The standard InChI is InChI=1S/C27H31N3O2/c1-30(17-15-21-6-5-16-28-19-21)27(32)23-11-9-20(10-12-23)18-24-13-14-25(29-24)26(31)22-7-3-2-4-8-22/h2-12,16,19,24-26,29,31H,13-15,17-18H2,1H3/t24-,25+,26?/m0/s1. The Morgan fingerprint density at radius 1 is 1.06 bits per heavy atom. The number of hydrogen-bond acceptors (Lipinski definition) is 4. The minimum atomic E-state index is -0.483. The number of carbonyl (C=O) groups is 1. The molecule has 1 aromatic heterocycles. The second-order valence-electron chi connectivity index (χ2n) is 8.64. The summed E-state index contributed by atoms with van der Waals surface area (Å²) in [6.07, 6.45) is 6.79. The Balaban J connectivity index is 1.28. The van der Waals surface area contributed by atoms with Gasteiger partial charge < -0.3 is 15.3 Å². The van der Waals surface area contributed by atoms with Gasteiger partial charge in [0.05, 0.1) is 6.10 Å². The lowest BCUT2D eigenvalue weighted by molar-refractivity contribution is 0.0796. The van der Waals surface area contributed by atoms with Crippen molar-refractivity contribution >= 4 is 5.91 Å². The molecule has 0 saturated carbocycles. The van der Waals surface area contributed by atoms with Crippen molar-refractivity contribution in [1.29, 1.82) is 0 Å². The third-order valence-corrected chi connectivity index (χ3v) is 6.29. The highest BCUT2D eigenvalue weighted by molar-refractivity contribution is 5.94. The molecule has 1 aliphatic rings. The number of amides is 1. The molecule has 2 N–H and O–H groups in total. The second kappa shape index (κ2) is 10.5. The van der Waals surface area contributed by atoms with E-state index in [0.29, 0.717) is 18.2 Å². The van der Waals surface area contributed by atoms with E-state index < -0.39 is 6.10 Å². The van der Waals surface area contributed by atoms with E-state index in [-0.39, 0.29) is 11.9 Å². The third-order valence-electron chi connectivity index (χ3n) is 6.29. The lowest BCUT2D eigenvalue weighted by Crippen LogP contribution is -2.35. The Kier molecular flexibility index (Phi) is 7.30. The zero-order valence-electron chi connectivity index (χ0n) is 18.5. The van der Waals surface area contributed by atoms with Gasteiger partial charge >= 0.3 is 0 Å². The van der Waals surface area contributed by atoms with E-state index in [1.807, 2.05) is 80.0 Å². The van der Waals surface area contributed by atoms with Crippen LogP contribution in [0.1, 0.15) is 46.0 Å². The van der Waals surface area contributed by atoms with E-state index >= 15 is 0 Å². The maximum Gasteiger partial charge on any atom is 0.253 e. The number of carbonyl (C=O) groups excluding carboxylic acids is 1. The number of aromatic nitrogens is 1. The van der Waals surface area contributed by atoms with Gasteiger partial charge in [0.25, 0.3) is 5.91 Å². The Bertz CT molecular complexity index is 992. The molecule has 2 aromatic carbocycles. The normalized spacial score (nSPS) is 18.9. The van der Waals surface area contributed by atoms with Crippen LogP contribution in [-0.2, 0) is 12.8 Å². The molecule has 0 bridgehead atoms. The number of pyridine rings is 1. The van der Waals surface area contributed by atoms with E-state index in [0.717, 1.165) is 36.8 Å². The molecule has 5 heteroatoms. The molecular weight excluding hydrogens is 398 g/mol. The second-order valence-corrected chi connectivity index (χ2v) is 8.64. The molecule has 1 fully saturated rings. The Hall–Kier alpha value is -3.02. The first-order valence-electron chi connectivity index (χ1n) is 11.3. The molecule has 2 heterocycles. The number of benzene rings is 2. The molecule has 1 saturated heterocycles. The zero-order valence-corrected chi connectivity index (χ0v) is 18.5. The monoisotopic (exact) mass is 429 g/mol. The average Bonchev–Trinajstić information content (AvgIpc) is 3.31. The molecule has 4 rings (SSSR count). The van der Waals surface area contributed by atoms with Gasteiger partial charge in [0.2, 0.25) is 0 Å². The van der Waals surface area contributed by atoms with Crippen LogP contribution < -0.4 is 5.32 Å². The van der Waals surface area contributed by atoms with Crippen molar-refractivity contribution in [3.8, 4) is 0 Å². The SMILES string of the molecule is CN(CCc1cccnc1)C(=O)c1ccc(C[C@@H]2CC[C@H](C(O)c3ccccc3)N2)cc1. The van der Waals surface area contributed by atoms with Crippen molar-refractivity contribution < 1.29 is 9.90 Å². The number of nitrogens with zero attached hydrogens (tertiary/aromatic N) is 2. The number of likely N-dealkylation sites (N-methyl/N-ethyl adjacent to an activating group) is 1. The van der Waals surface area contributed by atoms with Crippen molar-refractivity contribution in [3.05, 3.63) is 101 Å². The summed E-state index contributed by atoms with van der Waals surface area (Å²) in [4.78, 5) is 18.6. The zero-order chi connectivity index (χ0) is 22.3. The molecule has 1 aliphatic heterocycles. The minimum absolute atomic E-state index is 0.0329. The van der Waals surface area contributed by atoms with Gasteiger partial charge in [-0.3, -0.25) is 9.78 Å². The molecule has 0 spiro atoms. The van der Waals surface area contributed by atoms with Crippen molar-refractivity contribution in [1.82, 2.24) is 15.2 Å². The highest BCUT2D eigenvalue weighted by Gasteiger charge is 2.29. The van der Waals surface area contributed by atoms with Gasteiger partial charge in [0.15, 0.2) is 0 Å². The van der Waals surface area contributed by atoms with E-state index in [4.69, 9.17) is 0 Å². The highest BCUT2D eigenvalue weighted by Crippen LogP contribution is 2.26. The highest BCUT2D eigenvalue weighted by atomic mass is 16.3. The first-order valence-corrected chi connectivity index (χ1v) is 11.3. The van der Waals surface area contributed by atoms with Gasteiger partial charge in [0.1, 0.15) is 0 Å². The fourth-order valence-electron chi connectivity index (χ4n) is 4.38. The predicted octanol–water partition coefficient (Wildman–Crippen LogP) is 3.79. The van der Waals surface area contributed by atoms with Crippen LogP contribution in [0, 0.1) is 0 Å². The van der Waals surface area contributed by atoms with Crippen molar-refractivity contribution in [2.24, 2.45) is 0 Å². The number of hydrogen-bond donors (Lipinski definition) is 2. The van der Waals surface area contributed by atoms with Crippen LogP contribution in [0.4, 0.5) is 0 Å². The number of aliphatic hydroxyl groups is 1. The van der Waals surface area contributed by atoms with Crippen LogP contribution in [0.3, 0.4) is 0 Å². The molecule has 1 unspecified atom stereocenters. The molecule has 0 radical (unpaired) electrons. The van der Waals surface area contributed by atoms with Crippen LogP contribution in [-0.4, -0.2) is 46.6 Å². The summed E-state index contributed by atoms with van der Waals surface area (Å²) in [7, 11) is 1.84. The van der Waals surface area contributed by atoms with E-state index in [1.54, 1.807) is 11.1 Å². The average molecular weight is 430 g/mol. The van der Waals surface area contributed by atoms with Crippen molar-refractivity contribution in [2.45, 2.75) is 43.9 Å². The van der Waals surface area contributed by atoms with E-state index in [2.05, 4.69) is 10.3 Å². The third kappa shape index (κ3) is 5.61. The first-order chi connectivity index (χ1) is 15.6. The van der Waals surface area contributed by atoms with Crippen LogP contribution in [0.25, 0.3) is 0 Å². The van der Waals surface area contributed by atoms with Gasteiger partial charge in [-0.2, -0.15) is 0 Å². The first kappa shape index (κ1) is 22.2. The van der Waals surface area contributed by atoms with Crippen LogP contribution in [0.15, 0.2) is 79.1 Å². The van der Waals surface area contributed by atoms with Gasteiger partial charge in [-0.1, -0.05) is 48.5 Å². The Morgan fingerprint density at radius 3 is 2.56 bits per heavy atom. The van der Waals surface area contributed by atoms with Gasteiger partial charge in [-0.15, -0.1) is 0 Å². The van der Waals surface area contributed by atoms with Crippen LogP contribution >= 0.6 is 0 Å². The summed E-state index contributed by atoms with van der Waals surface area (Å²) in [5.74, 6) is 0.0329. The quantitative estimate of drug-likeness (QED) is 0.572. The smallest absolute Gasteiger partial charge is 0.253 e. The summed E-state index contributed by atoms with van der Waals surface area (Å²) >= 11 is 0. The largest absolute Gasteiger partial charge is 0.387 e. The van der Waals surface area contributed by atoms with Crippen LogP contribution in [0.5, 0.6) is 0 Å². The molecule has 0 aliphatic carbocycles. The number of nitrogens with one attached hydrogen (secondary N) is 1. The molecule has 1 amide bonds. The Labute approximate surface area is 190 Å². The van der Waals surface area contributed by atoms with Gasteiger partial charge in [-0.25, -0.2) is 0 Å². The fourth-order valence-corrected chi connectivity index (χ4v) is 4.38. The number of aliphatic hydroxyl groups excluding tert-OH is 1. The summed E-state index contributed by atoms with van der Waals surface area (Å²) in [5, 5.41) is 14.3. The predicted molar refractivity (Wildman–Crippen MR) is 126 cm³/mol. The molecular formula is C27H31N3O2. The molecule has 32 heavy (non-hydrogen) atoms. The van der Waals surface area contributed by atoms with Gasteiger partial charge in [-0.05, 0) is 60.6 Å². The van der Waals surface area contributed by atoms with Crippen molar-refractivity contribution in [3.63, 3.8) is 0 Å². The lowest BCUT2D eigenvalue weighted by atomic mass is 10.0. The minimum Gasteiger partial charge on any atom is -0.387 e. The fraction of sp³-hybridized carbons (Fsp3) is 0.333. The van der Waals surface area contributed by atoms with E-state index in [9.17, 15) is 9.90 Å². The molecule has 166 valence electrons. The summed E-state index contributed by atoms with van der Waals surface area (Å²) in [6.45, 7) is 0.656. The van der Waals surface area contributed by atoms with Gasteiger partial charge in [0, 0.05) is 43.6 Å². The molecule has 3 aromatic rings. The topological polar surface area (TPSA) is 65.5 Å².